The molecule has 3 aliphatic rings. The van der Waals surface area contributed by atoms with Crippen LogP contribution >= 0.6 is 7.82 Å². The van der Waals surface area contributed by atoms with Gasteiger partial charge in [0.15, 0.2) is 0 Å². The second-order valence-corrected chi connectivity index (χ2v) is 11.9. The molecule has 0 aliphatic heterocycles. The molecule has 0 spiro atoms. The van der Waals surface area contributed by atoms with Crippen LogP contribution in [0, 0.1) is 17.3 Å². The normalized spacial score (nSPS) is 32.7. The minimum absolute atomic E-state index is 0.0951. The zero-order valence-electron chi connectivity index (χ0n) is 18.6. The van der Waals surface area contributed by atoms with E-state index in [1.165, 1.54) is 11.1 Å². The number of carbonyl (C=O) groups is 1. The van der Waals surface area contributed by atoms with Crippen molar-refractivity contribution >= 4 is 13.6 Å². The number of hydrogen-bond donors (Lipinski definition) is 0. The standard InChI is InChI=1S/C23H34NO5P/c1-23-12-11-19-18-8-6-17(29-30(26,27)28-14-13-24(2,3)4)15-16(18)5-7-20(19)21(23)9-10-22(23)25/h6,8,15,19-21H,5,7,9-14H2,1-4H3/t19-,20-,21+,23+/m1/s1. The summed E-state index contributed by atoms with van der Waals surface area (Å²) in [5, 5.41) is 0. The number of benzene rings is 1. The van der Waals surface area contributed by atoms with Crippen molar-refractivity contribution in [1.82, 2.24) is 0 Å². The van der Waals surface area contributed by atoms with E-state index in [1.54, 1.807) is 6.07 Å². The Labute approximate surface area is 179 Å². The van der Waals surface area contributed by atoms with Gasteiger partial charge in [0.2, 0.25) is 0 Å². The lowest BCUT2D eigenvalue weighted by atomic mass is 9.55. The van der Waals surface area contributed by atoms with Gasteiger partial charge in [-0.05, 0) is 73.1 Å². The summed E-state index contributed by atoms with van der Waals surface area (Å²) in [4.78, 5) is 24.7. The monoisotopic (exact) mass is 435 g/mol. The summed E-state index contributed by atoms with van der Waals surface area (Å²) in [5.41, 5.74) is 2.36. The zero-order valence-corrected chi connectivity index (χ0v) is 19.5. The maximum Gasteiger partial charge on any atom is 0.319 e. The number of aryl methyl sites for hydroxylation is 1. The van der Waals surface area contributed by atoms with Gasteiger partial charge >= 0.3 is 7.82 Å². The van der Waals surface area contributed by atoms with Gasteiger partial charge in [0, 0.05) is 11.8 Å². The predicted octanol–water partition coefficient (Wildman–Crippen LogP) is 3.68. The van der Waals surface area contributed by atoms with Gasteiger partial charge in [-0.25, -0.2) is 0 Å². The molecule has 0 heterocycles. The number of phosphoric acid groups is 1. The summed E-state index contributed by atoms with van der Waals surface area (Å²) in [6.07, 6.45) is 5.72. The molecule has 6 nitrogen and oxygen atoms in total. The van der Waals surface area contributed by atoms with Crippen LogP contribution in [0.3, 0.4) is 0 Å². The maximum atomic E-state index is 12.5. The summed E-state index contributed by atoms with van der Waals surface area (Å²) >= 11 is 0. The van der Waals surface area contributed by atoms with E-state index in [0.29, 0.717) is 40.3 Å². The number of likely N-dealkylation sites (N-methyl/N-ethyl adjacent to an activating group) is 1. The van der Waals surface area contributed by atoms with E-state index < -0.39 is 7.82 Å². The van der Waals surface area contributed by atoms with Crippen LogP contribution in [0.1, 0.15) is 56.1 Å². The molecule has 0 bridgehead atoms. The van der Waals surface area contributed by atoms with E-state index >= 15 is 0 Å². The Morgan fingerprint density at radius 1 is 1.20 bits per heavy atom. The lowest BCUT2D eigenvalue weighted by molar-refractivity contribution is -0.870. The molecule has 2 fully saturated rings. The van der Waals surface area contributed by atoms with Gasteiger partial charge in [-0.3, -0.25) is 9.36 Å². The first kappa shape index (κ1) is 22.0. The van der Waals surface area contributed by atoms with Crippen LogP contribution < -0.4 is 9.42 Å². The molecule has 0 saturated heterocycles. The number of phosphoric ester groups is 1. The molecule has 1 aromatic rings. The molecule has 4 rings (SSSR count). The molecule has 3 aliphatic carbocycles. The van der Waals surface area contributed by atoms with Crippen molar-refractivity contribution in [2.75, 3.05) is 34.3 Å². The van der Waals surface area contributed by atoms with E-state index in [1.807, 2.05) is 33.3 Å². The third-order valence-corrected chi connectivity index (χ3v) is 8.57. The smallest absolute Gasteiger partial charge is 0.319 e. The Kier molecular flexibility index (Phi) is 5.68. The van der Waals surface area contributed by atoms with Crippen LogP contribution in [0.15, 0.2) is 18.2 Å². The molecule has 0 amide bonds. The van der Waals surface area contributed by atoms with Gasteiger partial charge < -0.3 is 18.4 Å². The van der Waals surface area contributed by atoms with Gasteiger partial charge in [-0.1, -0.05) is 13.0 Å². The molecule has 30 heavy (non-hydrogen) atoms. The van der Waals surface area contributed by atoms with Gasteiger partial charge in [-0.15, -0.1) is 0 Å². The van der Waals surface area contributed by atoms with E-state index in [9.17, 15) is 14.3 Å². The number of ketones is 1. The highest BCUT2D eigenvalue weighted by Gasteiger charge is 2.54. The van der Waals surface area contributed by atoms with E-state index in [2.05, 4.69) is 6.92 Å². The maximum absolute atomic E-state index is 12.5. The van der Waals surface area contributed by atoms with Crippen molar-refractivity contribution in [2.45, 2.75) is 51.4 Å². The number of rotatable bonds is 6. The highest BCUT2D eigenvalue weighted by Crippen LogP contribution is 2.59. The second-order valence-electron chi connectivity index (χ2n) is 10.6. The largest absolute Gasteiger partial charge is 0.746 e. The Morgan fingerprint density at radius 2 is 1.97 bits per heavy atom. The number of hydrogen-bond acceptors (Lipinski definition) is 5. The molecular weight excluding hydrogens is 401 g/mol. The minimum Gasteiger partial charge on any atom is -0.746 e. The average Bonchev–Trinajstić information content (AvgIpc) is 2.94. The Hall–Kier alpha value is -1.20. The van der Waals surface area contributed by atoms with Crippen molar-refractivity contribution in [2.24, 2.45) is 17.3 Å². The first-order chi connectivity index (χ1) is 14.0. The fourth-order valence-electron chi connectivity index (χ4n) is 5.97. The third-order valence-electron chi connectivity index (χ3n) is 7.64. The summed E-state index contributed by atoms with van der Waals surface area (Å²) < 4.78 is 23.1. The number of nitrogens with zero attached hydrogens (tertiary/aromatic N) is 1. The summed E-state index contributed by atoms with van der Waals surface area (Å²) in [6.45, 7) is 2.85. The van der Waals surface area contributed by atoms with Crippen LogP contribution in [-0.4, -0.2) is 44.6 Å². The van der Waals surface area contributed by atoms with Gasteiger partial charge in [-0.2, -0.15) is 0 Å². The van der Waals surface area contributed by atoms with E-state index in [0.717, 1.165) is 38.5 Å². The number of fused-ring (bicyclic) bond motifs is 5. The molecule has 1 unspecified atom stereocenters. The topological polar surface area (TPSA) is 75.7 Å². The van der Waals surface area contributed by atoms with E-state index in [4.69, 9.17) is 9.05 Å². The van der Waals surface area contributed by atoms with E-state index in [-0.39, 0.29) is 12.0 Å². The molecule has 1 aromatic carbocycles. The van der Waals surface area contributed by atoms with Crippen molar-refractivity contribution in [1.29, 1.82) is 0 Å². The quantitative estimate of drug-likeness (QED) is 0.503. The first-order valence-electron chi connectivity index (χ1n) is 11.1. The Morgan fingerprint density at radius 3 is 2.70 bits per heavy atom. The van der Waals surface area contributed by atoms with Crippen LogP contribution in [0.5, 0.6) is 5.75 Å². The van der Waals surface area contributed by atoms with Crippen LogP contribution in [-0.2, 0) is 20.3 Å². The average molecular weight is 436 g/mol. The molecular formula is C23H34NO5P. The lowest BCUT2D eigenvalue weighted by Gasteiger charge is -2.48. The minimum atomic E-state index is -4.39. The number of carbonyl (C=O) groups excluding carboxylic acids is 1. The fourth-order valence-corrected chi connectivity index (χ4v) is 6.70. The van der Waals surface area contributed by atoms with Crippen molar-refractivity contribution in [3.05, 3.63) is 29.3 Å². The molecule has 0 aromatic heterocycles. The van der Waals surface area contributed by atoms with Crippen molar-refractivity contribution in [3.8, 4) is 5.75 Å². The molecule has 2 saturated carbocycles. The second kappa shape index (κ2) is 7.74. The van der Waals surface area contributed by atoms with Crippen LogP contribution in [0.25, 0.3) is 0 Å². The van der Waals surface area contributed by atoms with Gasteiger partial charge in [0.05, 0.1) is 21.1 Å². The Balaban J connectivity index is 1.46. The van der Waals surface area contributed by atoms with Crippen LogP contribution in [0.4, 0.5) is 0 Å². The number of quaternary nitrogens is 1. The first-order valence-corrected chi connectivity index (χ1v) is 12.6. The summed E-state index contributed by atoms with van der Waals surface area (Å²) in [7, 11) is 1.54. The van der Waals surface area contributed by atoms with Gasteiger partial charge in [0.25, 0.3) is 0 Å². The molecule has 7 heteroatoms. The summed E-state index contributed by atoms with van der Waals surface area (Å²) in [6, 6.07) is 5.66. The number of Topliss-reactive ketones (excluding diaryl/α,β-unsaturated/α-hetero) is 1. The zero-order chi connectivity index (χ0) is 21.7. The van der Waals surface area contributed by atoms with Crippen LogP contribution in [0.2, 0.25) is 0 Å². The summed E-state index contributed by atoms with van der Waals surface area (Å²) in [5.74, 6) is 2.29. The molecule has 0 radical (unpaired) electrons. The predicted molar refractivity (Wildman–Crippen MR) is 113 cm³/mol. The highest BCUT2D eigenvalue weighted by atomic mass is 31.2. The third kappa shape index (κ3) is 4.25. The Bertz CT molecular complexity index is 879. The van der Waals surface area contributed by atoms with Crippen molar-refractivity contribution < 1.29 is 27.8 Å². The lowest BCUT2D eigenvalue weighted by Crippen LogP contribution is -2.42. The molecule has 0 N–H and O–H groups in total. The fraction of sp³-hybridized carbons (Fsp3) is 0.696. The molecule has 5 atom stereocenters. The molecule has 166 valence electrons. The SMILES string of the molecule is C[C@]12CC[C@@H]3c4ccc(OP(=O)([O-])OCC[N+](C)(C)C)cc4CC[C@H]3[C@@H]1CCC2=O. The van der Waals surface area contributed by atoms with Gasteiger partial charge in [0.1, 0.15) is 24.7 Å². The van der Waals surface area contributed by atoms with Crippen molar-refractivity contribution in [3.63, 3.8) is 0 Å². The highest BCUT2D eigenvalue weighted by molar-refractivity contribution is 7.46.